The van der Waals surface area contributed by atoms with Crippen molar-refractivity contribution in [3.05, 3.63) is 18.2 Å². The number of aryl methyl sites for hydroxylation is 1. The van der Waals surface area contributed by atoms with Crippen molar-refractivity contribution in [3.8, 4) is 0 Å². The van der Waals surface area contributed by atoms with E-state index in [0.29, 0.717) is 6.04 Å². The van der Waals surface area contributed by atoms with Crippen LogP contribution in [0.1, 0.15) is 33.0 Å². The average molecular weight is 280 g/mol. The van der Waals surface area contributed by atoms with Crippen LogP contribution in [0, 0.1) is 0 Å². The molecule has 1 fully saturated rings. The molecule has 0 spiro atoms. The van der Waals surface area contributed by atoms with Gasteiger partial charge in [-0.2, -0.15) is 0 Å². The Hall–Kier alpha value is -0.910. The molecule has 1 aliphatic rings. The van der Waals surface area contributed by atoms with Gasteiger partial charge in [0.05, 0.1) is 12.7 Å². The third-order valence-electron chi connectivity index (χ3n) is 4.02. The molecule has 1 saturated heterocycles. The molecular formula is C15H28N4O. The van der Waals surface area contributed by atoms with Crippen LogP contribution in [0.25, 0.3) is 0 Å². The molecule has 0 saturated carbocycles. The fourth-order valence-electron chi connectivity index (χ4n) is 2.74. The Kier molecular flexibility index (Phi) is 5.57. The van der Waals surface area contributed by atoms with Gasteiger partial charge in [-0.1, -0.05) is 6.92 Å². The highest BCUT2D eigenvalue weighted by molar-refractivity contribution is 4.97. The predicted octanol–water partition coefficient (Wildman–Crippen LogP) is 1.27. The molecule has 114 valence electrons. The third-order valence-corrected chi connectivity index (χ3v) is 4.02. The standard InChI is InChI=1S/C15H28N4O/c1-4-6-18-7-5-17-15(18)10-13(16)14-11-19(12(2)3)8-9-20-14/h5,7,12-14H,4,6,8-11,16H2,1-3H3. The van der Waals surface area contributed by atoms with E-state index in [1.807, 2.05) is 12.4 Å². The third kappa shape index (κ3) is 3.81. The number of nitrogens with two attached hydrogens (primary N) is 1. The lowest BCUT2D eigenvalue weighted by molar-refractivity contribution is -0.0498. The van der Waals surface area contributed by atoms with E-state index in [-0.39, 0.29) is 12.1 Å². The summed E-state index contributed by atoms with van der Waals surface area (Å²) in [7, 11) is 0. The fourth-order valence-corrected chi connectivity index (χ4v) is 2.74. The molecule has 2 unspecified atom stereocenters. The summed E-state index contributed by atoms with van der Waals surface area (Å²) in [4.78, 5) is 6.87. The molecular weight excluding hydrogens is 252 g/mol. The number of rotatable bonds is 6. The number of morpholine rings is 1. The van der Waals surface area contributed by atoms with Gasteiger partial charge in [0.25, 0.3) is 0 Å². The molecule has 2 rings (SSSR count). The van der Waals surface area contributed by atoms with Crippen LogP contribution in [-0.4, -0.2) is 52.3 Å². The Balaban J connectivity index is 1.93. The monoisotopic (exact) mass is 280 g/mol. The Labute approximate surface area is 122 Å². The second-order valence-electron chi connectivity index (χ2n) is 5.90. The van der Waals surface area contributed by atoms with Gasteiger partial charge < -0.3 is 15.0 Å². The maximum Gasteiger partial charge on any atom is 0.110 e. The van der Waals surface area contributed by atoms with Gasteiger partial charge in [-0.05, 0) is 20.3 Å². The summed E-state index contributed by atoms with van der Waals surface area (Å²) >= 11 is 0. The van der Waals surface area contributed by atoms with Crippen molar-refractivity contribution in [1.82, 2.24) is 14.5 Å². The Morgan fingerprint density at radius 1 is 1.50 bits per heavy atom. The molecule has 1 aromatic heterocycles. The van der Waals surface area contributed by atoms with Crippen LogP contribution in [0.4, 0.5) is 0 Å². The average Bonchev–Trinajstić information content (AvgIpc) is 2.86. The summed E-state index contributed by atoms with van der Waals surface area (Å²) in [6, 6.07) is 0.560. The lowest BCUT2D eigenvalue weighted by atomic mass is 10.1. The van der Waals surface area contributed by atoms with Crippen LogP contribution in [0.2, 0.25) is 0 Å². The Morgan fingerprint density at radius 2 is 2.30 bits per heavy atom. The first kappa shape index (κ1) is 15.5. The summed E-state index contributed by atoms with van der Waals surface area (Å²) in [6.45, 7) is 10.3. The maximum absolute atomic E-state index is 6.36. The van der Waals surface area contributed by atoms with E-state index in [1.165, 1.54) is 0 Å². The molecule has 0 bridgehead atoms. The van der Waals surface area contributed by atoms with Crippen molar-refractivity contribution >= 4 is 0 Å². The highest BCUT2D eigenvalue weighted by atomic mass is 16.5. The zero-order valence-corrected chi connectivity index (χ0v) is 13.0. The van der Waals surface area contributed by atoms with Crippen molar-refractivity contribution in [2.24, 2.45) is 5.73 Å². The van der Waals surface area contributed by atoms with Gasteiger partial charge in [-0.15, -0.1) is 0 Å². The van der Waals surface area contributed by atoms with Crippen molar-refractivity contribution in [2.75, 3.05) is 19.7 Å². The quantitative estimate of drug-likeness (QED) is 0.852. The van der Waals surface area contributed by atoms with Gasteiger partial charge in [-0.25, -0.2) is 4.98 Å². The minimum Gasteiger partial charge on any atom is -0.374 e. The van der Waals surface area contributed by atoms with Crippen LogP contribution < -0.4 is 5.73 Å². The minimum atomic E-state index is 0.00885. The molecule has 0 aliphatic carbocycles. The second-order valence-corrected chi connectivity index (χ2v) is 5.90. The molecule has 2 N–H and O–H groups in total. The molecule has 1 aliphatic heterocycles. The zero-order valence-electron chi connectivity index (χ0n) is 13.0. The molecule has 2 atom stereocenters. The summed E-state index contributed by atoms with van der Waals surface area (Å²) in [6.07, 6.45) is 5.90. The van der Waals surface area contributed by atoms with E-state index in [2.05, 4.69) is 35.2 Å². The van der Waals surface area contributed by atoms with E-state index in [9.17, 15) is 0 Å². The summed E-state index contributed by atoms with van der Waals surface area (Å²) in [5, 5.41) is 0. The maximum atomic E-state index is 6.36. The highest BCUT2D eigenvalue weighted by Crippen LogP contribution is 2.13. The lowest BCUT2D eigenvalue weighted by Gasteiger charge is -2.37. The van der Waals surface area contributed by atoms with E-state index >= 15 is 0 Å². The number of hydrogen-bond donors (Lipinski definition) is 1. The smallest absolute Gasteiger partial charge is 0.110 e. The van der Waals surface area contributed by atoms with Gasteiger partial charge in [0.15, 0.2) is 0 Å². The summed E-state index contributed by atoms with van der Waals surface area (Å²) in [5.41, 5.74) is 6.36. The van der Waals surface area contributed by atoms with Crippen molar-refractivity contribution in [2.45, 2.75) is 58.3 Å². The first-order valence-corrected chi connectivity index (χ1v) is 7.73. The van der Waals surface area contributed by atoms with E-state index in [4.69, 9.17) is 10.5 Å². The molecule has 5 heteroatoms. The summed E-state index contributed by atoms with van der Waals surface area (Å²) < 4.78 is 8.06. The van der Waals surface area contributed by atoms with E-state index in [0.717, 1.165) is 44.9 Å². The molecule has 5 nitrogen and oxygen atoms in total. The number of ether oxygens (including phenoxy) is 1. The molecule has 2 heterocycles. The fraction of sp³-hybridized carbons (Fsp3) is 0.800. The SMILES string of the molecule is CCCn1ccnc1CC(N)C1CN(C(C)C)CCO1. The number of aromatic nitrogens is 2. The van der Waals surface area contributed by atoms with E-state index < -0.39 is 0 Å². The Morgan fingerprint density at radius 3 is 3.00 bits per heavy atom. The topological polar surface area (TPSA) is 56.3 Å². The van der Waals surface area contributed by atoms with Crippen molar-refractivity contribution in [1.29, 1.82) is 0 Å². The lowest BCUT2D eigenvalue weighted by Crippen LogP contribution is -2.53. The van der Waals surface area contributed by atoms with Crippen LogP contribution >= 0.6 is 0 Å². The second kappa shape index (κ2) is 7.20. The van der Waals surface area contributed by atoms with Crippen LogP contribution in [0.5, 0.6) is 0 Å². The number of hydrogen-bond acceptors (Lipinski definition) is 4. The summed E-state index contributed by atoms with van der Waals surface area (Å²) in [5.74, 6) is 1.07. The number of nitrogens with zero attached hydrogens (tertiary/aromatic N) is 3. The molecule has 0 amide bonds. The first-order valence-electron chi connectivity index (χ1n) is 7.73. The number of imidazole rings is 1. The van der Waals surface area contributed by atoms with Gasteiger partial charge in [-0.3, -0.25) is 4.90 Å². The minimum absolute atomic E-state index is 0.00885. The van der Waals surface area contributed by atoms with Crippen LogP contribution in [-0.2, 0) is 17.7 Å². The van der Waals surface area contributed by atoms with Crippen molar-refractivity contribution in [3.63, 3.8) is 0 Å². The molecule has 0 aromatic carbocycles. The van der Waals surface area contributed by atoms with E-state index in [1.54, 1.807) is 0 Å². The normalized spacial score (nSPS) is 22.4. The van der Waals surface area contributed by atoms with Crippen LogP contribution in [0.15, 0.2) is 12.4 Å². The Bertz CT molecular complexity index is 404. The molecule has 0 radical (unpaired) electrons. The van der Waals surface area contributed by atoms with Gasteiger partial charge >= 0.3 is 0 Å². The highest BCUT2D eigenvalue weighted by Gasteiger charge is 2.27. The predicted molar refractivity (Wildman–Crippen MR) is 80.6 cm³/mol. The molecule has 20 heavy (non-hydrogen) atoms. The van der Waals surface area contributed by atoms with Gasteiger partial charge in [0.2, 0.25) is 0 Å². The van der Waals surface area contributed by atoms with Gasteiger partial charge in [0.1, 0.15) is 5.82 Å². The van der Waals surface area contributed by atoms with Crippen molar-refractivity contribution < 1.29 is 4.74 Å². The zero-order chi connectivity index (χ0) is 14.5. The largest absolute Gasteiger partial charge is 0.374 e. The van der Waals surface area contributed by atoms with Crippen LogP contribution in [0.3, 0.4) is 0 Å². The van der Waals surface area contributed by atoms with Gasteiger partial charge in [0, 0.05) is 50.5 Å². The first-order chi connectivity index (χ1) is 9.61. The molecule has 1 aromatic rings.